The fourth-order valence-electron chi connectivity index (χ4n) is 2.06. The van der Waals surface area contributed by atoms with E-state index in [-0.39, 0.29) is 23.6 Å². The van der Waals surface area contributed by atoms with Crippen LogP contribution in [0.2, 0.25) is 0 Å². The Balaban J connectivity index is 1.90. The Kier molecular flexibility index (Phi) is 5.03. The number of carbonyl (C=O) groups excluding carboxylic acids is 1. The fraction of sp³-hybridized carbons (Fsp3) is 0.400. The number of nitrogens with zero attached hydrogens (tertiary/aromatic N) is 2. The number of H-pyrrole nitrogens is 1. The molecule has 0 bridgehead atoms. The molecule has 0 radical (unpaired) electrons. The van der Waals surface area contributed by atoms with Crippen LogP contribution < -0.4 is 5.32 Å². The number of aryl methyl sites for hydroxylation is 1. The maximum absolute atomic E-state index is 12.8. The van der Waals surface area contributed by atoms with Crippen molar-refractivity contribution in [1.29, 1.82) is 0 Å². The maximum atomic E-state index is 12.8. The molecule has 0 fully saturated rings. The van der Waals surface area contributed by atoms with Gasteiger partial charge in [-0.15, -0.1) is 5.10 Å². The lowest BCUT2D eigenvalue weighted by molar-refractivity contribution is 0.0930. The molecule has 0 aliphatic heterocycles. The van der Waals surface area contributed by atoms with E-state index < -0.39 is 0 Å². The second-order valence-electron chi connectivity index (χ2n) is 5.06. The van der Waals surface area contributed by atoms with Crippen LogP contribution in [0.3, 0.4) is 0 Å². The standard InChI is InChI=1S/C15H19FN4O/c1-3-4-13-18-14(20-19-13)15(21)17-10(2)9-11-5-7-12(16)8-6-11/h5-8,10H,3-4,9H2,1-2H3,(H,17,21)(H,18,19,20). The van der Waals surface area contributed by atoms with E-state index in [0.29, 0.717) is 12.2 Å². The molecule has 2 rings (SSSR count). The lowest BCUT2D eigenvalue weighted by atomic mass is 10.1. The van der Waals surface area contributed by atoms with Gasteiger partial charge in [-0.3, -0.25) is 9.89 Å². The van der Waals surface area contributed by atoms with Gasteiger partial charge in [0.2, 0.25) is 5.82 Å². The second-order valence-corrected chi connectivity index (χ2v) is 5.06. The molecule has 1 atom stereocenters. The number of carbonyl (C=O) groups is 1. The van der Waals surface area contributed by atoms with Gasteiger partial charge in [0.05, 0.1) is 0 Å². The third kappa shape index (κ3) is 4.37. The summed E-state index contributed by atoms with van der Waals surface area (Å²) in [5.74, 6) is 0.307. The zero-order valence-electron chi connectivity index (χ0n) is 12.2. The largest absolute Gasteiger partial charge is 0.346 e. The molecule has 2 N–H and O–H groups in total. The van der Waals surface area contributed by atoms with Crippen molar-refractivity contribution in [2.75, 3.05) is 0 Å². The predicted octanol–water partition coefficient (Wildman–Crippen LogP) is 2.26. The van der Waals surface area contributed by atoms with Crippen molar-refractivity contribution < 1.29 is 9.18 Å². The Labute approximate surface area is 123 Å². The molecule has 1 heterocycles. The Morgan fingerprint density at radius 1 is 1.38 bits per heavy atom. The zero-order valence-corrected chi connectivity index (χ0v) is 12.2. The number of aromatic amines is 1. The summed E-state index contributed by atoms with van der Waals surface area (Å²) in [5.41, 5.74) is 0.964. The van der Waals surface area contributed by atoms with Crippen LogP contribution in [0.25, 0.3) is 0 Å². The highest BCUT2D eigenvalue weighted by molar-refractivity contribution is 5.90. The van der Waals surface area contributed by atoms with Crippen LogP contribution in [0.15, 0.2) is 24.3 Å². The van der Waals surface area contributed by atoms with E-state index in [9.17, 15) is 9.18 Å². The molecule has 1 unspecified atom stereocenters. The third-order valence-electron chi connectivity index (χ3n) is 3.05. The SMILES string of the molecule is CCCc1nc(C(=O)NC(C)Cc2ccc(F)cc2)n[nH]1. The number of rotatable bonds is 6. The van der Waals surface area contributed by atoms with Gasteiger partial charge in [0.25, 0.3) is 5.91 Å². The molecule has 5 nitrogen and oxygen atoms in total. The van der Waals surface area contributed by atoms with Crippen molar-refractivity contribution >= 4 is 5.91 Å². The van der Waals surface area contributed by atoms with Crippen LogP contribution in [0, 0.1) is 5.82 Å². The van der Waals surface area contributed by atoms with Gasteiger partial charge in [0.15, 0.2) is 0 Å². The molecule has 1 amide bonds. The second kappa shape index (κ2) is 6.97. The lowest BCUT2D eigenvalue weighted by Gasteiger charge is -2.12. The summed E-state index contributed by atoms with van der Waals surface area (Å²) in [4.78, 5) is 16.1. The van der Waals surface area contributed by atoms with Crippen LogP contribution in [0.5, 0.6) is 0 Å². The normalized spacial score (nSPS) is 12.1. The van der Waals surface area contributed by atoms with Crippen molar-refractivity contribution in [3.63, 3.8) is 0 Å². The fourth-order valence-corrected chi connectivity index (χ4v) is 2.06. The Bertz CT molecular complexity index is 594. The van der Waals surface area contributed by atoms with E-state index in [2.05, 4.69) is 20.5 Å². The van der Waals surface area contributed by atoms with E-state index in [0.717, 1.165) is 18.4 Å². The lowest BCUT2D eigenvalue weighted by Crippen LogP contribution is -2.34. The first-order chi connectivity index (χ1) is 10.1. The molecule has 0 aliphatic rings. The number of benzene rings is 1. The molecule has 0 saturated carbocycles. The number of halogens is 1. The molecule has 0 aliphatic carbocycles. The molecule has 1 aromatic carbocycles. The van der Waals surface area contributed by atoms with Crippen LogP contribution in [0.4, 0.5) is 4.39 Å². The summed E-state index contributed by atoms with van der Waals surface area (Å²) in [6.07, 6.45) is 2.33. The molecule has 2 aromatic rings. The van der Waals surface area contributed by atoms with E-state index in [4.69, 9.17) is 0 Å². The van der Waals surface area contributed by atoms with Crippen LogP contribution in [-0.2, 0) is 12.8 Å². The first-order valence-electron chi connectivity index (χ1n) is 7.05. The van der Waals surface area contributed by atoms with Gasteiger partial charge in [0.1, 0.15) is 11.6 Å². The summed E-state index contributed by atoms with van der Waals surface area (Å²) in [6.45, 7) is 3.92. The van der Waals surface area contributed by atoms with Crippen molar-refractivity contribution in [1.82, 2.24) is 20.5 Å². The Morgan fingerprint density at radius 2 is 2.10 bits per heavy atom. The highest BCUT2D eigenvalue weighted by Crippen LogP contribution is 2.06. The zero-order chi connectivity index (χ0) is 15.2. The summed E-state index contributed by atoms with van der Waals surface area (Å²) < 4.78 is 12.8. The molecular formula is C15H19FN4O. The molecule has 1 aromatic heterocycles. The average molecular weight is 290 g/mol. The van der Waals surface area contributed by atoms with Gasteiger partial charge >= 0.3 is 0 Å². The summed E-state index contributed by atoms with van der Waals surface area (Å²) in [5, 5.41) is 9.50. The Morgan fingerprint density at radius 3 is 2.76 bits per heavy atom. The molecule has 112 valence electrons. The molecule has 0 spiro atoms. The topological polar surface area (TPSA) is 70.7 Å². The van der Waals surface area contributed by atoms with E-state index in [1.807, 2.05) is 13.8 Å². The van der Waals surface area contributed by atoms with Gasteiger partial charge in [-0.25, -0.2) is 9.37 Å². The average Bonchev–Trinajstić information content (AvgIpc) is 2.90. The van der Waals surface area contributed by atoms with Gasteiger partial charge < -0.3 is 5.32 Å². The number of hydrogen-bond donors (Lipinski definition) is 2. The number of hydrogen-bond acceptors (Lipinski definition) is 3. The van der Waals surface area contributed by atoms with Crippen molar-refractivity contribution in [3.8, 4) is 0 Å². The smallest absolute Gasteiger partial charge is 0.291 e. The molecule has 21 heavy (non-hydrogen) atoms. The quantitative estimate of drug-likeness (QED) is 0.857. The van der Waals surface area contributed by atoms with E-state index in [1.54, 1.807) is 12.1 Å². The van der Waals surface area contributed by atoms with Gasteiger partial charge in [-0.2, -0.15) is 0 Å². The monoisotopic (exact) mass is 290 g/mol. The molecular weight excluding hydrogens is 271 g/mol. The number of aromatic nitrogens is 3. The Hall–Kier alpha value is -2.24. The number of nitrogens with one attached hydrogen (secondary N) is 2. The first-order valence-corrected chi connectivity index (χ1v) is 7.05. The van der Waals surface area contributed by atoms with Crippen molar-refractivity contribution in [2.45, 2.75) is 39.2 Å². The first kappa shape index (κ1) is 15.2. The van der Waals surface area contributed by atoms with Gasteiger partial charge in [-0.05, 0) is 37.5 Å². The van der Waals surface area contributed by atoms with Crippen molar-refractivity contribution in [3.05, 3.63) is 47.3 Å². The minimum absolute atomic E-state index is 0.0870. The maximum Gasteiger partial charge on any atom is 0.291 e. The summed E-state index contributed by atoms with van der Waals surface area (Å²) in [7, 11) is 0. The molecule has 6 heteroatoms. The third-order valence-corrected chi connectivity index (χ3v) is 3.05. The van der Waals surface area contributed by atoms with Gasteiger partial charge in [-0.1, -0.05) is 19.1 Å². The summed E-state index contributed by atoms with van der Waals surface area (Å²) in [6, 6.07) is 6.16. The van der Waals surface area contributed by atoms with Crippen molar-refractivity contribution in [2.24, 2.45) is 0 Å². The summed E-state index contributed by atoms with van der Waals surface area (Å²) >= 11 is 0. The highest BCUT2D eigenvalue weighted by Gasteiger charge is 2.15. The molecule has 0 saturated heterocycles. The highest BCUT2D eigenvalue weighted by atomic mass is 19.1. The number of amides is 1. The van der Waals surface area contributed by atoms with Crippen LogP contribution in [0.1, 0.15) is 42.3 Å². The van der Waals surface area contributed by atoms with E-state index in [1.165, 1.54) is 12.1 Å². The minimum atomic E-state index is -0.303. The van der Waals surface area contributed by atoms with Crippen LogP contribution in [-0.4, -0.2) is 27.1 Å². The van der Waals surface area contributed by atoms with Gasteiger partial charge in [0, 0.05) is 12.5 Å². The van der Waals surface area contributed by atoms with E-state index >= 15 is 0 Å². The van der Waals surface area contributed by atoms with Crippen LogP contribution >= 0.6 is 0 Å². The minimum Gasteiger partial charge on any atom is -0.346 e. The predicted molar refractivity (Wildman–Crippen MR) is 77.4 cm³/mol.